The third-order valence-electron chi connectivity index (χ3n) is 3.42. The van der Waals surface area contributed by atoms with Gasteiger partial charge in [0.1, 0.15) is 0 Å². The molecule has 0 aliphatic heterocycles. The minimum atomic E-state index is -0.921. The van der Waals surface area contributed by atoms with E-state index in [4.69, 9.17) is 5.11 Å². The molecule has 1 aromatic heterocycles. The fourth-order valence-electron chi connectivity index (χ4n) is 1.56. The highest BCUT2D eigenvalue weighted by molar-refractivity contribution is 7.11. The van der Waals surface area contributed by atoms with Gasteiger partial charge in [-0.1, -0.05) is 13.8 Å². The first-order valence-corrected chi connectivity index (χ1v) is 7.55. The first-order valence-electron chi connectivity index (χ1n) is 6.74. The lowest BCUT2D eigenvalue weighted by Crippen LogP contribution is -2.44. The molecule has 3 N–H and O–H groups in total. The van der Waals surface area contributed by atoms with Gasteiger partial charge < -0.3 is 15.7 Å². The summed E-state index contributed by atoms with van der Waals surface area (Å²) in [4.78, 5) is 25.2. The molecular formula is C14H22N2O3S. The molecule has 1 atom stereocenters. The summed E-state index contributed by atoms with van der Waals surface area (Å²) in [7, 11) is 0. The number of aliphatic carboxylic acids is 1. The van der Waals surface area contributed by atoms with Crippen molar-refractivity contribution in [1.82, 2.24) is 10.6 Å². The third-order valence-corrected chi connectivity index (χ3v) is 4.65. The quantitative estimate of drug-likeness (QED) is 0.724. The van der Waals surface area contributed by atoms with E-state index in [0.717, 1.165) is 11.3 Å². The maximum absolute atomic E-state index is 11.7. The molecule has 6 heteroatoms. The Kier molecular flexibility index (Phi) is 6.01. The van der Waals surface area contributed by atoms with E-state index in [9.17, 15) is 9.59 Å². The van der Waals surface area contributed by atoms with E-state index in [1.54, 1.807) is 25.2 Å². The van der Waals surface area contributed by atoms with Gasteiger partial charge in [0.25, 0.3) is 0 Å². The van der Waals surface area contributed by atoms with E-state index >= 15 is 0 Å². The molecule has 0 saturated carbocycles. The smallest absolute Gasteiger partial charge is 0.315 e. The van der Waals surface area contributed by atoms with E-state index in [0.29, 0.717) is 13.0 Å². The minimum absolute atomic E-state index is 0.120. The summed E-state index contributed by atoms with van der Waals surface area (Å²) < 4.78 is 0. The topological polar surface area (TPSA) is 78.4 Å². The van der Waals surface area contributed by atoms with Crippen LogP contribution in [-0.4, -0.2) is 23.7 Å². The zero-order chi connectivity index (χ0) is 15.2. The Labute approximate surface area is 123 Å². The standard InChI is InChI=1S/C14H22N2O3S/c1-4-10-6-7-11(20-10)8-15-13(19)16-9-14(3,5-2)12(17)18/h6-7H,4-5,8-9H2,1-3H3,(H,17,18)(H2,15,16,19). The summed E-state index contributed by atoms with van der Waals surface area (Å²) in [6, 6.07) is 3.72. The fraction of sp³-hybridized carbons (Fsp3) is 0.571. The van der Waals surface area contributed by atoms with Crippen LogP contribution in [0.1, 0.15) is 36.9 Å². The number of amides is 2. The molecule has 0 aliphatic carbocycles. The van der Waals surface area contributed by atoms with Crippen LogP contribution in [0.25, 0.3) is 0 Å². The number of thiophene rings is 1. The largest absolute Gasteiger partial charge is 0.481 e. The fourth-order valence-corrected chi connectivity index (χ4v) is 2.46. The molecule has 5 nitrogen and oxygen atoms in total. The predicted molar refractivity (Wildman–Crippen MR) is 80.0 cm³/mol. The number of rotatable bonds is 7. The lowest BCUT2D eigenvalue weighted by Gasteiger charge is -2.23. The Morgan fingerprint density at radius 3 is 2.40 bits per heavy atom. The van der Waals surface area contributed by atoms with Crippen molar-refractivity contribution in [2.75, 3.05) is 6.54 Å². The lowest BCUT2D eigenvalue weighted by molar-refractivity contribution is -0.147. The molecule has 0 spiro atoms. The molecule has 1 heterocycles. The molecule has 20 heavy (non-hydrogen) atoms. The summed E-state index contributed by atoms with van der Waals surface area (Å²) in [6.45, 7) is 6.10. The number of carbonyl (C=O) groups excluding carboxylic acids is 1. The SMILES string of the molecule is CCc1ccc(CNC(=O)NCC(C)(CC)C(=O)O)s1. The lowest BCUT2D eigenvalue weighted by atomic mass is 9.88. The van der Waals surface area contributed by atoms with Gasteiger partial charge in [0.2, 0.25) is 0 Å². The van der Waals surface area contributed by atoms with Gasteiger partial charge in [-0.3, -0.25) is 4.79 Å². The highest BCUT2D eigenvalue weighted by Crippen LogP contribution is 2.20. The summed E-state index contributed by atoms with van der Waals surface area (Å²) in [6.07, 6.45) is 1.46. The number of aryl methyl sites for hydroxylation is 1. The van der Waals surface area contributed by atoms with Crippen LogP contribution in [-0.2, 0) is 17.8 Å². The summed E-state index contributed by atoms with van der Waals surface area (Å²) in [5.41, 5.74) is -0.921. The van der Waals surface area contributed by atoms with Crippen LogP contribution in [0.15, 0.2) is 12.1 Å². The molecule has 0 aliphatic rings. The Bertz CT molecular complexity index is 473. The van der Waals surface area contributed by atoms with Crippen molar-refractivity contribution in [3.05, 3.63) is 21.9 Å². The van der Waals surface area contributed by atoms with Gasteiger partial charge in [-0.05, 0) is 31.9 Å². The second-order valence-corrected chi connectivity index (χ2v) is 6.23. The van der Waals surface area contributed by atoms with Crippen LogP contribution in [0.3, 0.4) is 0 Å². The van der Waals surface area contributed by atoms with E-state index in [1.165, 1.54) is 4.88 Å². The molecule has 1 unspecified atom stereocenters. The van der Waals surface area contributed by atoms with Gasteiger partial charge in [0.05, 0.1) is 12.0 Å². The average Bonchev–Trinajstić information content (AvgIpc) is 2.90. The van der Waals surface area contributed by atoms with Crippen LogP contribution in [0.4, 0.5) is 4.79 Å². The van der Waals surface area contributed by atoms with Gasteiger partial charge in [0, 0.05) is 16.3 Å². The summed E-state index contributed by atoms with van der Waals surface area (Å²) in [5.74, 6) is -0.897. The van der Waals surface area contributed by atoms with Crippen LogP contribution in [0.5, 0.6) is 0 Å². The number of hydrogen-bond donors (Lipinski definition) is 3. The van der Waals surface area contributed by atoms with E-state index in [-0.39, 0.29) is 12.6 Å². The number of carboxylic acid groups (broad SMARTS) is 1. The third kappa shape index (κ3) is 4.52. The van der Waals surface area contributed by atoms with Gasteiger partial charge in [-0.2, -0.15) is 0 Å². The van der Waals surface area contributed by atoms with Crippen molar-refractivity contribution in [1.29, 1.82) is 0 Å². The molecule has 0 radical (unpaired) electrons. The molecule has 1 rings (SSSR count). The second-order valence-electron chi connectivity index (χ2n) is 4.98. The molecule has 0 fully saturated rings. The number of carboxylic acids is 1. The molecule has 0 saturated heterocycles. The van der Waals surface area contributed by atoms with Crippen molar-refractivity contribution in [2.24, 2.45) is 5.41 Å². The average molecular weight is 298 g/mol. The van der Waals surface area contributed by atoms with Crippen LogP contribution in [0.2, 0.25) is 0 Å². The monoisotopic (exact) mass is 298 g/mol. The zero-order valence-corrected chi connectivity index (χ0v) is 13.0. The molecule has 0 aromatic carbocycles. The van der Waals surface area contributed by atoms with Crippen LogP contribution in [0, 0.1) is 5.41 Å². The molecule has 1 aromatic rings. The first kappa shape index (κ1) is 16.5. The van der Waals surface area contributed by atoms with E-state index in [2.05, 4.69) is 23.6 Å². The Morgan fingerprint density at radius 2 is 1.90 bits per heavy atom. The molecular weight excluding hydrogens is 276 g/mol. The number of hydrogen-bond acceptors (Lipinski definition) is 3. The van der Waals surface area contributed by atoms with Crippen molar-refractivity contribution in [2.45, 2.75) is 40.2 Å². The maximum Gasteiger partial charge on any atom is 0.315 e. The van der Waals surface area contributed by atoms with Crippen molar-refractivity contribution < 1.29 is 14.7 Å². The first-order chi connectivity index (χ1) is 9.41. The van der Waals surface area contributed by atoms with Gasteiger partial charge in [0.15, 0.2) is 0 Å². The molecule has 112 valence electrons. The maximum atomic E-state index is 11.7. The second kappa shape index (κ2) is 7.28. The number of nitrogens with one attached hydrogen (secondary N) is 2. The van der Waals surface area contributed by atoms with Crippen LogP contribution >= 0.6 is 11.3 Å². The number of carbonyl (C=O) groups is 2. The Hall–Kier alpha value is -1.56. The molecule has 0 bridgehead atoms. The van der Waals surface area contributed by atoms with Crippen molar-refractivity contribution >= 4 is 23.3 Å². The summed E-state index contributed by atoms with van der Waals surface area (Å²) >= 11 is 1.67. The van der Waals surface area contributed by atoms with Crippen LogP contribution < -0.4 is 10.6 Å². The highest BCUT2D eigenvalue weighted by Gasteiger charge is 2.31. The predicted octanol–water partition coefficient (Wildman–Crippen LogP) is 2.61. The van der Waals surface area contributed by atoms with Gasteiger partial charge >= 0.3 is 12.0 Å². The molecule has 2 amide bonds. The zero-order valence-electron chi connectivity index (χ0n) is 12.2. The Morgan fingerprint density at radius 1 is 1.25 bits per heavy atom. The Balaban J connectivity index is 2.38. The minimum Gasteiger partial charge on any atom is -0.481 e. The van der Waals surface area contributed by atoms with Gasteiger partial charge in [-0.15, -0.1) is 11.3 Å². The highest BCUT2D eigenvalue weighted by atomic mass is 32.1. The van der Waals surface area contributed by atoms with Gasteiger partial charge in [-0.25, -0.2) is 4.79 Å². The van der Waals surface area contributed by atoms with E-state index in [1.807, 2.05) is 6.07 Å². The number of urea groups is 1. The van der Waals surface area contributed by atoms with Crippen molar-refractivity contribution in [3.63, 3.8) is 0 Å². The normalized spacial score (nSPS) is 13.6. The van der Waals surface area contributed by atoms with E-state index < -0.39 is 11.4 Å². The summed E-state index contributed by atoms with van der Waals surface area (Å²) in [5, 5.41) is 14.5. The van der Waals surface area contributed by atoms with Crippen molar-refractivity contribution in [3.8, 4) is 0 Å².